The molecule has 3 N–H and O–H groups in total. The number of nitrogens with one attached hydrogen (secondary N) is 1. The molecule has 35 heavy (non-hydrogen) atoms. The van der Waals surface area contributed by atoms with Crippen LogP contribution in [0.2, 0.25) is 0 Å². The van der Waals surface area contributed by atoms with Gasteiger partial charge < -0.3 is 35.1 Å². The molecule has 0 bridgehead atoms. The van der Waals surface area contributed by atoms with E-state index in [1.165, 1.54) is 0 Å². The molecule has 2 saturated heterocycles. The molecule has 2 amide bonds. The van der Waals surface area contributed by atoms with E-state index in [9.17, 15) is 9.59 Å². The maximum Gasteiger partial charge on any atom is 0.252 e. The van der Waals surface area contributed by atoms with Crippen LogP contribution in [0.4, 0.5) is 11.8 Å². The van der Waals surface area contributed by atoms with Crippen molar-refractivity contribution in [3.05, 3.63) is 12.1 Å². The fourth-order valence-electron chi connectivity index (χ4n) is 4.47. The molecule has 2 atom stereocenters. The van der Waals surface area contributed by atoms with Crippen LogP contribution in [0.3, 0.4) is 0 Å². The van der Waals surface area contributed by atoms with E-state index in [-0.39, 0.29) is 18.4 Å². The Labute approximate surface area is 204 Å². The van der Waals surface area contributed by atoms with Gasteiger partial charge in [-0.2, -0.15) is 4.98 Å². The van der Waals surface area contributed by atoms with Crippen LogP contribution in [0.25, 0.3) is 10.9 Å². The highest BCUT2D eigenvalue weighted by Gasteiger charge is 2.40. The summed E-state index contributed by atoms with van der Waals surface area (Å²) in [6.07, 6.45) is 1.01. The number of carbonyl (C=O) groups is 2. The summed E-state index contributed by atoms with van der Waals surface area (Å²) in [6, 6.07) is 2.77. The van der Waals surface area contributed by atoms with Gasteiger partial charge in [-0.1, -0.05) is 0 Å². The minimum absolute atomic E-state index is 0.146. The summed E-state index contributed by atoms with van der Waals surface area (Å²) >= 11 is 0. The third-order valence-corrected chi connectivity index (χ3v) is 6.17. The van der Waals surface area contributed by atoms with E-state index in [0.717, 1.165) is 6.42 Å². The number of aromatic nitrogens is 2. The summed E-state index contributed by atoms with van der Waals surface area (Å²) in [7, 11) is 3.10. The van der Waals surface area contributed by atoms with Crippen molar-refractivity contribution in [1.82, 2.24) is 20.2 Å². The lowest BCUT2D eigenvalue weighted by atomic mass is 10.0. The highest BCUT2D eigenvalue weighted by molar-refractivity contribution is 5.93. The van der Waals surface area contributed by atoms with E-state index in [1.54, 1.807) is 31.3 Å². The van der Waals surface area contributed by atoms with Gasteiger partial charge >= 0.3 is 0 Å². The largest absolute Gasteiger partial charge is 0.493 e. The highest BCUT2D eigenvalue weighted by atomic mass is 16.5. The monoisotopic (exact) mass is 486 g/mol. The van der Waals surface area contributed by atoms with Gasteiger partial charge in [0.15, 0.2) is 11.5 Å². The Balaban J connectivity index is 1.65. The molecule has 4 rings (SSSR count). The summed E-state index contributed by atoms with van der Waals surface area (Å²) in [5.41, 5.74) is 6.43. The molecular weight excluding hydrogens is 452 g/mol. The number of nitrogens with two attached hydrogens (primary N) is 1. The number of benzene rings is 1. The number of methoxy groups -OCH3 is 2. The molecule has 3 heterocycles. The van der Waals surface area contributed by atoms with Gasteiger partial charge in [0.1, 0.15) is 18.0 Å². The van der Waals surface area contributed by atoms with Gasteiger partial charge in [0.25, 0.3) is 5.91 Å². The molecule has 0 spiro atoms. The Morgan fingerprint density at radius 3 is 2.49 bits per heavy atom. The van der Waals surface area contributed by atoms with Crippen molar-refractivity contribution < 1.29 is 23.8 Å². The molecule has 2 aromatic rings. The summed E-state index contributed by atoms with van der Waals surface area (Å²) in [6.45, 7) is 7.32. The van der Waals surface area contributed by atoms with Crippen LogP contribution in [0.15, 0.2) is 12.1 Å². The third kappa shape index (κ3) is 5.19. The molecule has 1 aromatic carbocycles. The van der Waals surface area contributed by atoms with E-state index in [4.69, 9.17) is 24.9 Å². The van der Waals surface area contributed by atoms with Crippen molar-refractivity contribution in [2.45, 2.75) is 51.3 Å². The molecule has 2 fully saturated rings. The number of carbonyl (C=O) groups excluding carboxylic acids is 2. The van der Waals surface area contributed by atoms with Gasteiger partial charge in [-0.15, -0.1) is 0 Å². The number of anilines is 2. The minimum Gasteiger partial charge on any atom is -0.493 e. The lowest BCUT2D eigenvalue weighted by Crippen LogP contribution is -2.64. The first-order chi connectivity index (χ1) is 16.6. The van der Waals surface area contributed by atoms with Gasteiger partial charge in [-0.05, 0) is 39.7 Å². The summed E-state index contributed by atoms with van der Waals surface area (Å²) < 4.78 is 16.4. The molecule has 0 aliphatic carbocycles. The number of nitrogens with zero attached hydrogens (tertiary/aromatic N) is 4. The van der Waals surface area contributed by atoms with Gasteiger partial charge in [-0.25, -0.2) is 4.98 Å². The number of amides is 2. The van der Waals surface area contributed by atoms with E-state index < -0.39 is 17.7 Å². The molecule has 0 radical (unpaired) electrons. The van der Waals surface area contributed by atoms with Crippen LogP contribution in [0.5, 0.6) is 11.5 Å². The standard InChI is InChI=1S/C24H34N6O5/c1-24(2,3)28-21(31)16-13-29(8-9-30(16)22(32)17-7-6-10-35-17)23-26-15-12-19(34-5)18(33-4)11-14(15)20(25)27-23/h11-12,16-17H,6-10,13H2,1-5H3,(H,28,31)(H2,25,26,27). The SMILES string of the molecule is COc1cc2nc(N3CCN(C(=O)C4CCCO4)C(C(=O)NC(C)(C)C)C3)nc(N)c2cc1OC. The third-order valence-electron chi connectivity index (χ3n) is 6.17. The number of rotatable bonds is 5. The van der Waals surface area contributed by atoms with Crippen molar-refractivity contribution in [3.63, 3.8) is 0 Å². The average molecular weight is 487 g/mol. The van der Waals surface area contributed by atoms with Crippen LogP contribution in [-0.2, 0) is 14.3 Å². The summed E-state index contributed by atoms with van der Waals surface area (Å²) in [5, 5.41) is 3.65. The van der Waals surface area contributed by atoms with Crippen molar-refractivity contribution >= 4 is 34.5 Å². The van der Waals surface area contributed by atoms with Gasteiger partial charge in [0.05, 0.1) is 26.3 Å². The van der Waals surface area contributed by atoms with Crippen LogP contribution in [0.1, 0.15) is 33.6 Å². The predicted octanol–water partition coefficient (Wildman–Crippen LogP) is 1.34. The zero-order valence-electron chi connectivity index (χ0n) is 21.0. The first-order valence-electron chi connectivity index (χ1n) is 11.8. The molecule has 11 nitrogen and oxygen atoms in total. The van der Waals surface area contributed by atoms with Crippen molar-refractivity contribution in [2.75, 3.05) is 51.1 Å². The molecule has 11 heteroatoms. The zero-order valence-corrected chi connectivity index (χ0v) is 21.0. The van der Waals surface area contributed by atoms with Crippen molar-refractivity contribution in [3.8, 4) is 11.5 Å². The topological polar surface area (TPSA) is 132 Å². The Kier molecular flexibility index (Phi) is 6.88. The normalized spacial score (nSPS) is 20.7. The molecule has 190 valence electrons. The van der Waals surface area contributed by atoms with E-state index in [2.05, 4.69) is 10.3 Å². The van der Waals surface area contributed by atoms with Crippen LogP contribution in [-0.4, -0.2) is 84.8 Å². The molecule has 2 aliphatic heterocycles. The number of ether oxygens (including phenoxy) is 3. The minimum atomic E-state index is -0.717. The van der Waals surface area contributed by atoms with Gasteiger partial charge in [-0.3, -0.25) is 9.59 Å². The molecule has 2 unspecified atom stereocenters. The van der Waals surface area contributed by atoms with E-state index in [0.29, 0.717) is 60.3 Å². The Morgan fingerprint density at radius 1 is 1.14 bits per heavy atom. The second-order valence-electron chi connectivity index (χ2n) is 9.87. The first kappa shape index (κ1) is 24.8. The molecule has 1 aromatic heterocycles. The maximum absolute atomic E-state index is 13.3. The average Bonchev–Trinajstić information content (AvgIpc) is 3.36. The maximum atomic E-state index is 13.3. The van der Waals surface area contributed by atoms with Crippen molar-refractivity contribution in [1.29, 1.82) is 0 Å². The second kappa shape index (κ2) is 9.73. The molecule has 0 saturated carbocycles. The Morgan fingerprint density at radius 2 is 1.86 bits per heavy atom. The second-order valence-corrected chi connectivity index (χ2v) is 9.87. The Bertz CT molecular complexity index is 1110. The van der Waals surface area contributed by atoms with Crippen LogP contribution >= 0.6 is 0 Å². The fourth-order valence-corrected chi connectivity index (χ4v) is 4.47. The van der Waals surface area contributed by atoms with Crippen molar-refractivity contribution in [2.24, 2.45) is 0 Å². The van der Waals surface area contributed by atoms with Gasteiger partial charge in [0.2, 0.25) is 11.9 Å². The summed E-state index contributed by atoms with van der Waals surface area (Å²) in [4.78, 5) is 39.2. The van der Waals surface area contributed by atoms with E-state index in [1.807, 2.05) is 25.7 Å². The lowest BCUT2D eigenvalue weighted by Gasteiger charge is -2.42. The fraction of sp³-hybridized carbons (Fsp3) is 0.583. The zero-order chi connectivity index (χ0) is 25.3. The van der Waals surface area contributed by atoms with Gasteiger partial charge in [0, 0.05) is 36.7 Å². The highest BCUT2D eigenvalue weighted by Crippen LogP contribution is 2.34. The van der Waals surface area contributed by atoms with Crippen LogP contribution in [0, 0.1) is 0 Å². The number of nitrogen functional groups attached to an aromatic ring is 1. The predicted molar refractivity (Wildman–Crippen MR) is 132 cm³/mol. The number of fused-ring (bicyclic) bond motifs is 1. The quantitative estimate of drug-likeness (QED) is 0.642. The number of hydrogen-bond donors (Lipinski definition) is 2. The Hall–Kier alpha value is -3.34. The van der Waals surface area contributed by atoms with Crippen LogP contribution < -0.4 is 25.4 Å². The lowest BCUT2D eigenvalue weighted by molar-refractivity contribution is -0.148. The molecule has 2 aliphatic rings. The number of piperazine rings is 1. The van der Waals surface area contributed by atoms with E-state index >= 15 is 0 Å². The summed E-state index contributed by atoms with van der Waals surface area (Å²) in [5.74, 6) is 1.36. The first-order valence-corrected chi connectivity index (χ1v) is 11.8. The molecular formula is C24H34N6O5. The smallest absolute Gasteiger partial charge is 0.252 e. The number of hydrogen-bond acceptors (Lipinski definition) is 9.